The van der Waals surface area contributed by atoms with Crippen LogP contribution in [-0.4, -0.2) is 46.8 Å². The van der Waals surface area contributed by atoms with E-state index < -0.39 is 29.7 Å². The van der Waals surface area contributed by atoms with Crippen molar-refractivity contribution in [1.82, 2.24) is 20.9 Å². The lowest BCUT2D eigenvalue weighted by molar-refractivity contribution is -0.132. The molecule has 2 aromatic carbocycles. The van der Waals surface area contributed by atoms with E-state index in [0.717, 1.165) is 27.6 Å². The van der Waals surface area contributed by atoms with Gasteiger partial charge in [0.05, 0.1) is 6.21 Å². The third-order valence-corrected chi connectivity index (χ3v) is 6.15. The highest BCUT2D eigenvalue weighted by atomic mass is 35.5. The fraction of sp³-hybridized carbons (Fsp3) is 0.296. The van der Waals surface area contributed by atoms with Crippen molar-refractivity contribution in [2.45, 2.75) is 51.7 Å². The Balaban J connectivity index is 1.76. The lowest BCUT2D eigenvalue weighted by Crippen LogP contribution is -2.54. The normalized spacial score (nSPS) is 12.4. The van der Waals surface area contributed by atoms with Gasteiger partial charge in [0.25, 0.3) is 0 Å². The lowest BCUT2D eigenvalue weighted by atomic mass is 10.0. The monoisotopic (exact) mass is 523 g/mol. The first-order valence-corrected chi connectivity index (χ1v) is 12.2. The van der Waals surface area contributed by atoms with Crippen molar-refractivity contribution >= 4 is 52.2 Å². The first-order valence-electron chi connectivity index (χ1n) is 11.9. The van der Waals surface area contributed by atoms with E-state index in [1.807, 2.05) is 25.1 Å². The molecule has 0 spiro atoms. The summed E-state index contributed by atoms with van der Waals surface area (Å²) in [6, 6.07) is 10.9. The van der Waals surface area contributed by atoms with Crippen molar-refractivity contribution in [2.24, 2.45) is 0 Å². The van der Waals surface area contributed by atoms with Crippen molar-refractivity contribution in [3.8, 4) is 0 Å². The van der Waals surface area contributed by atoms with Crippen LogP contribution < -0.4 is 16.0 Å². The molecule has 0 fully saturated rings. The number of H-pyrrole nitrogens is 1. The van der Waals surface area contributed by atoms with Gasteiger partial charge in [-0.1, -0.05) is 35.4 Å². The second-order valence-electron chi connectivity index (χ2n) is 8.87. The third-order valence-electron chi connectivity index (χ3n) is 5.89. The maximum absolute atomic E-state index is 13.3. The van der Waals surface area contributed by atoms with Crippen LogP contribution in [0.3, 0.4) is 0 Å². The van der Waals surface area contributed by atoms with Crippen LogP contribution in [0.15, 0.2) is 48.7 Å². The Labute approximate surface area is 219 Å². The number of Topliss-reactive ketones (excluding diaryl/α,β-unsaturated/α-hetero) is 1. The highest BCUT2D eigenvalue weighted by Gasteiger charge is 2.27. The highest BCUT2D eigenvalue weighted by molar-refractivity contribution is 6.30. The van der Waals surface area contributed by atoms with Crippen LogP contribution in [0.1, 0.15) is 36.5 Å². The highest BCUT2D eigenvalue weighted by Crippen LogP contribution is 2.21. The number of amides is 3. The van der Waals surface area contributed by atoms with Gasteiger partial charge >= 0.3 is 0 Å². The number of rotatable bonds is 12. The number of aryl methyl sites for hydroxylation is 1. The van der Waals surface area contributed by atoms with Gasteiger partial charge < -0.3 is 26.3 Å². The molecule has 0 radical (unpaired) electrons. The number of aromatic amines is 1. The van der Waals surface area contributed by atoms with E-state index in [9.17, 15) is 19.2 Å². The summed E-state index contributed by atoms with van der Waals surface area (Å²) < 4.78 is 0. The zero-order valence-corrected chi connectivity index (χ0v) is 21.4. The van der Waals surface area contributed by atoms with Crippen LogP contribution >= 0.6 is 11.6 Å². The van der Waals surface area contributed by atoms with E-state index >= 15 is 0 Å². The largest absolute Gasteiger partial charge is 0.361 e. The molecule has 10 heteroatoms. The van der Waals surface area contributed by atoms with Crippen LogP contribution in [0.2, 0.25) is 5.02 Å². The van der Waals surface area contributed by atoms with E-state index in [2.05, 4.69) is 20.9 Å². The molecule has 3 amide bonds. The van der Waals surface area contributed by atoms with E-state index in [4.69, 9.17) is 17.0 Å². The molecule has 2 atom stereocenters. The number of hydrogen-bond donors (Lipinski definition) is 5. The summed E-state index contributed by atoms with van der Waals surface area (Å²) in [6.07, 6.45) is 2.60. The van der Waals surface area contributed by atoms with Gasteiger partial charge in [0.1, 0.15) is 12.1 Å². The van der Waals surface area contributed by atoms with Crippen molar-refractivity contribution in [3.05, 3.63) is 70.4 Å². The Bertz CT molecular complexity index is 1300. The maximum Gasteiger partial charge on any atom is 0.243 e. The molecule has 0 saturated heterocycles. The average molecular weight is 524 g/mol. The molecule has 37 heavy (non-hydrogen) atoms. The predicted octanol–water partition coefficient (Wildman–Crippen LogP) is 2.98. The average Bonchev–Trinajstić information content (AvgIpc) is 3.26. The number of carbonyl (C=O) groups is 4. The number of halogens is 1. The molecule has 0 unspecified atom stereocenters. The van der Waals surface area contributed by atoms with Crippen LogP contribution in [0.25, 0.3) is 10.9 Å². The van der Waals surface area contributed by atoms with Crippen molar-refractivity contribution in [3.63, 3.8) is 0 Å². The molecule has 0 aliphatic carbocycles. The molecule has 3 rings (SSSR count). The van der Waals surface area contributed by atoms with Crippen molar-refractivity contribution in [2.75, 3.05) is 0 Å². The van der Waals surface area contributed by atoms with Crippen LogP contribution in [0.4, 0.5) is 0 Å². The second kappa shape index (κ2) is 12.8. The Morgan fingerprint density at radius 2 is 1.76 bits per heavy atom. The molecule has 3 aromatic rings. The van der Waals surface area contributed by atoms with Crippen LogP contribution in [0, 0.1) is 12.3 Å². The number of aromatic nitrogens is 1. The quantitative estimate of drug-likeness (QED) is 0.232. The third kappa shape index (κ3) is 8.01. The SMILES string of the molecule is CC(=O)N[C@@H](Cc1c[nH]c2ccc(C)cc12)C(=O)N[C@@H](CCC(=O)C=N)C(=O)NCc1ccc(Cl)cc1. The summed E-state index contributed by atoms with van der Waals surface area (Å²) in [4.78, 5) is 53.1. The van der Waals surface area contributed by atoms with E-state index in [1.165, 1.54) is 6.92 Å². The molecule has 0 aliphatic rings. The van der Waals surface area contributed by atoms with Crippen LogP contribution in [0.5, 0.6) is 0 Å². The van der Waals surface area contributed by atoms with Gasteiger partial charge in [-0.05, 0) is 48.7 Å². The van der Waals surface area contributed by atoms with Crippen LogP contribution in [-0.2, 0) is 32.1 Å². The summed E-state index contributed by atoms with van der Waals surface area (Å²) in [5, 5.41) is 16.8. The minimum atomic E-state index is -1.04. The lowest BCUT2D eigenvalue weighted by Gasteiger charge is -2.23. The maximum atomic E-state index is 13.3. The molecule has 194 valence electrons. The Kier molecular flexibility index (Phi) is 9.57. The summed E-state index contributed by atoms with van der Waals surface area (Å²) in [6.45, 7) is 3.49. The summed E-state index contributed by atoms with van der Waals surface area (Å²) in [7, 11) is 0. The van der Waals surface area contributed by atoms with E-state index in [0.29, 0.717) is 11.2 Å². The number of ketones is 1. The minimum Gasteiger partial charge on any atom is -0.361 e. The standard InChI is InChI=1S/C27H30ClN5O4/c1-16-3-9-23-22(11-16)19(15-30-23)12-25(32-17(2)34)27(37)33-24(10-8-21(35)13-29)26(36)31-14-18-4-6-20(28)7-5-18/h3-7,9,11,13,15,24-25,29-30H,8,10,12,14H2,1-2H3,(H,31,36)(H,32,34)(H,33,37)/t24-,25-/m0/s1. The number of fused-ring (bicyclic) bond motifs is 1. The Morgan fingerprint density at radius 3 is 2.43 bits per heavy atom. The molecule has 5 N–H and O–H groups in total. The fourth-order valence-corrected chi connectivity index (χ4v) is 4.08. The molecule has 1 aromatic heterocycles. The van der Waals surface area contributed by atoms with Crippen molar-refractivity contribution in [1.29, 1.82) is 5.41 Å². The first kappa shape index (κ1) is 27.6. The smallest absolute Gasteiger partial charge is 0.243 e. The van der Waals surface area contributed by atoms with E-state index in [1.54, 1.807) is 30.5 Å². The first-order chi connectivity index (χ1) is 17.7. The van der Waals surface area contributed by atoms with Gasteiger partial charge in [-0.25, -0.2) is 0 Å². The number of hydrogen-bond acceptors (Lipinski definition) is 5. The minimum absolute atomic E-state index is 0.00543. The van der Waals surface area contributed by atoms with Gasteiger partial charge in [-0.3, -0.25) is 19.2 Å². The zero-order chi connectivity index (χ0) is 26.9. The number of benzene rings is 2. The Hall–Kier alpha value is -3.98. The number of nitrogens with one attached hydrogen (secondary N) is 5. The van der Waals surface area contributed by atoms with Gasteiger partial charge in [-0.15, -0.1) is 0 Å². The fourth-order valence-electron chi connectivity index (χ4n) is 3.95. The predicted molar refractivity (Wildman–Crippen MR) is 143 cm³/mol. The second-order valence-corrected chi connectivity index (χ2v) is 9.31. The zero-order valence-electron chi connectivity index (χ0n) is 20.7. The van der Waals surface area contributed by atoms with Gasteiger partial charge in [0, 0.05) is 48.4 Å². The topological polar surface area (TPSA) is 144 Å². The molecular formula is C27H30ClN5O4. The van der Waals surface area contributed by atoms with Gasteiger partial charge in [-0.2, -0.15) is 0 Å². The van der Waals surface area contributed by atoms with Gasteiger partial charge in [0.15, 0.2) is 5.78 Å². The molecule has 0 bridgehead atoms. The molecular weight excluding hydrogens is 494 g/mol. The molecule has 0 aliphatic heterocycles. The van der Waals surface area contributed by atoms with E-state index in [-0.39, 0.29) is 31.7 Å². The van der Waals surface area contributed by atoms with Crippen molar-refractivity contribution < 1.29 is 19.2 Å². The van der Waals surface area contributed by atoms with Gasteiger partial charge in [0.2, 0.25) is 17.7 Å². The summed E-state index contributed by atoms with van der Waals surface area (Å²) in [5.74, 6) is -1.88. The molecule has 1 heterocycles. The summed E-state index contributed by atoms with van der Waals surface area (Å²) >= 11 is 5.91. The molecule has 9 nitrogen and oxygen atoms in total. The Morgan fingerprint density at radius 1 is 1.03 bits per heavy atom. The molecule has 0 saturated carbocycles. The number of carbonyl (C=O) groups excluding carboxylic acids is 4. The summed E-state index contributed by atoms with van der Waals surface area (Å²) in [5.41, 5.74) is 3.62.